The summed E-state index contributed by atoms with van der Waals surface area (Å²) in [6.45, 7) is 0. The van der Waals surface area contributed by atoms with Gasteiger partial charge in [-0.05, 0) is 30.0 Å². The lowest BCUT2D eigenvalue weighted by molar-refractivity contribution is -0.115. The molecule has 1 aromatic carbocycles. The molecule has 0 aliphatic rings. The smallest absolute Gasteiger partial charge is 0.230 e. The molecule has 1 amide bonds. The minimum absolute atomic E-state index is 0.0333. The van der Waals surface area contributed by atoms with Gasteiger partial charge in [-0.1, -0.05) is 18.2 Å². The lowest BCUT2D eigenvalue weighted by atomic mass is 10.1. The number of aromatic nitrogens is 1. The highest BCUT2D eigenvalue weighted by atomic mass is 32.2. The van der Waals surface area contributed by atoms with Crippen molar-refractivity contribution >= 4 is 23.5 Å². The number of thioether (sulfide) groups is 1. The van der Waals surface area contributed by atoms with Crippen molar-refractivity contribution in [3.8, 4) is 5.75 Å². The third-order valence-electron chi connectivity index (χ3n) is 2.59. The summed E-state index contributed by atoms with van der Waals surface area (Å²) in [7, 11) is 0. The number of nitrogens with zero attached hydrogens (tertiary/aromatic N) is 1. The van der Waals surface area contributed by atoms with Crippen LogP contribution in [0.5, 0.6) is 5.75 Å². The summed E-state index contributed by atoms with van der Waals surface area (Å²) in [5.74, 6) is -0.0429. The Kier molecular flexibility index (Phi) is 4.41. The Morgan fingerprint density at radius 3 is 2.84 bits per heavy atom. The van der Waals surface area contributed by atoms with Gasteiger partial charge < -0.3 is 10.4 Å². The summed E-state index contributed by atoms with van der Waals surface area (Å²) in [6, 6.07) is 10.8. The molecule has 0 aliphatic heterocycles. The highest BCUT2D eigenvalue weighted by Crippen LogP contribution is 2.22. The standard InChI is InChI=1S/C14H14N2O2S/c1-19-12-7-3-2-5-10(12)9-13(18)16-14-11(17)6-4-8-15-14/h2-8,17H,9H2,1H3,(H,15,16,18). The first-order valence-corrected chi connectivity index (χ1v) is 6.99. The van der Waals surface area contributed by atoms with Crippen LogP contribution in [-0.2, 0) is 11.2 Å². The largest absolute Gasteiger partial charge is 0.504 e. The molecule has 98 valence electrons. The zero-order valence-corrected chi connectivity index (χ0v) is 11.3. The molecule has 2 N–H and O–H groups in total. The van der Waals surface area contributed by atoms with Crippen LogP contribution in [-0.4, -0.2) is 22.3 Å². The average molecular weight is 274 g/mol. The second-order valence-corrected chi connectivity index (χ2v) is 4.76. The zero-order chi connectivity index (χ0) is 13.7. The lowest BCUT2D eigenvalue weighted by Crippen LogP contribution is -2.15. The van der Waals surface area contributed by atoms with Crippen molar-refractivity contribution in [3.63, 3.8) is 0 Å². The van der Waals surface area contributed by atoms with Crippen LogP contribution in [0.4, 0.5) is 5.82 Å². The fraction of sp³-hybridized carbons (Fsp3) is 0.143. The van der Waals surface area contributed by atoms with E-state index in [1.165, 1.54) is 12.3 Å². The molecular formula is C14H14N2O2S. The molecule has 0 radical (unpaired) electrons. The number of pyridine rings is 1. The summed E-state index contributed by atoms with van der Waals surface area (Å²) in [4.78, 5) is 16.9. The summed E-state index contributed by atoms with van der Waals surface area (Å²) in [5.41, 5.74) is 0.961. The fourth-order valence-electron chi connectivity index (χ4n) is 1.69. The number of anilines is 1. The molecule has 0 saturated carbocycles. The number of rotatable bonds is 4. The van der Waals surface area contributed by atoms with Crippen LogP contribution in [0.15, 0.2) is 47.5 Å². The zero-order valence-electron chi connectivity index (χ0n) is 10.5. The topological polar surface area (TPSA) is 62.2 Å². The predicted molar refractivity (Wildman–Crippen MR) is 76.5 cm³/mol. The summed E-state index contributed by atoms with van der Waals surface area (Å²) in [5, 5.41) is 12.1. The van der Waals surface area contributed by atoms with Gasteiger partial charge in [-0.25, -0.2) is 4.98 Å². The Balaban J connectivity index is 2.08. The molecule has 19 heavy (non-hydrogen) atoms. The van der Waals surface area contributed by atoms with Gasteiger partial charge in [0.25, 0.3) is 0 Å². The molecular weight excluding hydrogens is 260 g/mol. The Morgan fingerprint density at radius 2 is 2.11 bits per heavy atom. The molecule has 0 aliphatic carbocycles. The van der Waals surface area contributed by atoms with Crippen molar-refractivity contribution < 1.29 is 9.90 Å². The fourth-order valence-corrected chi connectivity index (χ4v) is 2.31. The molecule has 0 saturated heterocycles. The molecule has 5 heteroatoms. The normalized spacial score (nSPS) is 10.2. The van der Waals surface area contributed by atoms with Crippen molar-refractivity contribution in [2.75, 3.05) is 11.6 Å². The van der Waals surface area contributed by atoms with E-state index in [2.05, 4.69) is 10.3 Å². The second-order valence-electron chi connectivity index (χ2n) is 3.91. The van der Waals surface area contributed by atoms with Gasteiger partial charge in [0.05, 0.1) is 6.42 Å². The van der Waals surface area contributed by atoms with E-state index in [1.807, 2.05) is 30.5 Å². The minimum atomic E-state index is -0.199. The van der Waals surface area contributed by atoms with Gasteiger partial charge in [0.2, 0.25) is 5.91 Å². The van der Waals surface area contributed by atoms with E-state index in [1.54, 1.807) is 17.8 Å². The average Bonchev–Trinajstić information content (AvgIpc) is 2.42. The van der Waals surface area contributed by atoms with Gasteiger partial charge in [-0.15, -0.1) is 11.8 Å². The van der Waals surface area contributed by atoms with Crippen LogP contribution in [0.2, 0.25) is 0 Å². The van der Waals surface area contributed by atoms with Crippen LogP contribution in [0, 0.1) is 0 Å². The van der Waals surface area contributed by atoms with Crippen LogP contribution < -0.4 is 5.32 Å². The molecule has 4 nitrogen and oxygen atoms in total. The maximum absolute atomic E-state index is 11.9. The van der Waals surface area contributed by atoms with Crippen molar-refractivity contribution in [2.45, 2.75) is 11.3 Å². The van der Waals surface area contributed by atoms with E-state index < -0.39 is 0 Å². The highest BCUT2D eigenvalue weighted by molar-refractivity contribution is 7.98. The molecule has 0 atom stereocenters. The number of carbonyl (C=O) groups excluding carboxylic acids is 1. The number of hydrogen-bond donors (Lipinski definition) is 2. The first-order chi connectivity index (χ1) is 9.20. The molecule has 0 bridgehead atoms. The van der Waals surface area contributed by atoms with Crippen LogP contribution in [0.3, 0.4) is 0 Å². The van der Waals surface area contributed by atoms with E-state index in [0.717, 1.165) is 10.5 Å². The van der Waals surface area contributed by atoms with E-state index in [9.17, 15) is 9.90 Å². The lowest BCUT2D eigenvalue weighted by Gasteiger charge is -2.08. The van der Waals surface area contributed by atoms with Gasteiger partial charge in [0.1, 0.15) is 0 Å². The summed E-state index contributed by atoms with van der Waals surface area (Å²) in [6.07, 6.45) is 3.75. The first-order valence-electron chi connectivity index (χ1n) is 5.76. The number of hydrogen-bond acceptors (Lipinski definition) is 4. The molecule has 1 heterocycles. The Morgan fingerprint density at radius 1 is 1.32 bits per heavy atom. The monoisotopic (exact) mass is 274 g/mol. The third kappa shape index (κ3) is 3.48. The van der Waals surface area contributed by atoms with Gasteiger partial charge in [0.15, 0.2) is 11.6 Å². The molecule has 1 aromatic heterocycles. The summed E-state index contributed by atoms with van der Waals surface area (Å²) >= 11 is 1.60. The predicted octanol–water partition coefficient (Wildman–Crippen LogP) is 2.69. The van der Waals surface area contributed by atoms with Crippen LogP contribution >= 0.6 is 11.8 Å². The second kappa shape index (κ2) is 6.24. The van der Waals surface area contributed by atoms with Gasteiger partial charge in [-0.3, -0.25) is 4.79 Å². The Bertz CT molecular complexity index is 587. The number of aromatic hydroxyl groups is 1. The molecule has 0 unspecified atom stereocenters. The molecule has 2 aromatic rings. The first kappa shape index (κ1) is 13.4. The molecule has 0 spiro atoms. The number of amides is 1. The van der Waals surface area contributed by atoms with Gasteiger partial charge in [0, 0.05) is 11.1 Å². The highest BCUT2D eigenvalue weighted by Gasteiger charge is 2.10. The molecule has 0 fully saturated rings. The molecule has 2 rings (SSSR count). The minimum Gasteiger partial charge on any atom is -0.504 e. The number of benzene rings is 1. The SMILES string of the molecule is CSc1ccccc1CC(=O)Nc1ncccc1O. The van der Waals surface area contributed by atoms with Crippen molar-refractivity contribution in [3.05, 3.63) is 48.2 Å². The van der Waals surface area contributed by atoms with E-state index in [0.29, 0.717) is 0 Å². The van der Waals surface area contributed by atoms with Gasteiger partial charge >= 0.3 is 0 Å². The third-order valence-corrected chi connectivity index (χ3v) is 3.43. The Hall–Kier alpha value is -2.01. The van der Waals surface area contributed by atoms with Crippen molar-refractivity contribution in [2.24, 2.45) is 0 Å². The number of nitrogens with one attached hydrogen (secondary N) is 1. The maximum Gasteiger partial charge on any atom is 0.230 e. The number of carbonyl (C=O) groups is 1. The van der Waals surface area contributed by atoms with Crippen LogP contribution in [0.1, 0.15) is 5.56 Å². The maximum atomic E-state index is 11.9. The summed E-state index contributed by atoms with van der Waals surface area (Å²) < 4.78 is 0. The van der Waals surface area contributed by atoms with Crippen molar-refractivity contribution in [1.82, 2.24) is 4.98 Å². The van der Waals surface area contributed by atoms with E-state index in [-0.39, 0.29) is 23.9 Å². The van der Waals surface area contributed by atoms with Crippen LogP contribution in [0.25, 0.3) is 0 Å². The van der Waals surface area contributed by atoms with Gasteiger partial charge in [-0.2, -0.15) is 0 Å². The Labute approximate surface area is 115 Å². The van der Waals surface area contributed by atoms with E-state index in [4.69, 9.17) is 0 Å². The quantitative estimate of drug-likeness (QED) is 0.841. The van der Waals surface area contributed by atoms with E-state index >= 15 is 0 Å². The van der Waals surface area contributed by atoms with Crippen molar-refractivity contribution in [1.29, 1.82) is 0 Å².